The standard InChI is InChI=1S/C17H21F3O7S/c1-3-5-9-25-15(21)13-8-7-12(27-28(23,24)17(18,19)20)11-14(13)16(22)26-10-6-4-2/h7-8,11H,3-6,9-10H2,1-2H3. The molecule has 158 valence electrons. The van der Waals surface area contributed by atoms with Crippen molar-refractivity contribution in [3.63, 3.8) is 0 Å². The normalized spacial score (nSPS) is 11.8. The fourth-order valence-electron chi connectivity index (χ4n) is 1.87. The average molecular weight is 426 g/mol. The third kappa shape index (κ3) is 6.70. The molecule has 28 heavy (non-hydrogen) atoms. The molecule has 7 nitrogen and oxygen atoms in total. The lowest BCUT2D eigenvalue weighted by molar-refractivity contribution is -0.0500. The second-order valence-electron chi connectivity index (χ2n) is 5.67. The number of ether oxygens (including phenoxy) is 2. The van der Waals surface area contributed by atoms with E-state index in [4.69, 9.17) is 9.47 Å². The molecule has 0 fully saturated rings. The minimum absolute atomic E-state index is 0.0194. The minimum Gasteiger partial charge on any atom is -0.462 e. The Kier molecular flexibility index (Phi) is 8.73. The number of carbonyl (C=O) groups excluding carboxylic acids is 2. The van der Waals surface area contributed by atoms with E-state index in [2.05, 4.69) is 4.18 Å². The quantitative estimate of drug-likeness (QED) is 0.243. The lowest BCUT2D eigenvalue weighted by atomic mass is 10.1. The molecule has 0 radical (unpaired) electrons. The largest absolute Gasteiger partial charge is 0.534 e. The third-order valence-corrected chi connectivity index (χ3v) is 4.36. The van der Waals surface area contributed by atoms with Gasteiger partial charge in [0.1, 0.15) is 5.75 Å². The molecule has 0 amide bonds. The van der Waals surface area contributed by atoms with E-state index >= 15 is 0 Å². The van der Waals surface area contributed by atoms with Crippen LogP contribution in [-0.2, 0) is 19.6 Å². The summed E-state index contributed by atoms with van der Waals surface area (Å²) in [4.78, 5) is 24.4. The Labute approximate surface area is 160 Å². The number of alkyl halides is 3. The van der Waals surface area contributed by atoms with Crippen LogP contribution in [0.3, 0.4) is 0 Å². The highest BCUT2D eigenvalue weighted by atomic mass is 32.2. The lowest BCUT2D eigenvalue weighted by Crippen LogP contribution is -2.28. The van der Waals surface area contributed by atoms with Crippen molar-refractivity contribution in [2.45, 2.75) is 45.0 Å². The van der Waals surface area contributed by atoms with Crippen LogP contribution in [0.1, 0.15) is 60.2 Å². The van der Waals surface area contributed by atoms with Crippen molar-refractivity contribution >= 4 is 22.1 Å². The Bertz CT molecular complexity index is 788. The highest BCUT2D eigenvalue weighted by Crippen LogP contribution is 2.28. The van der Waals surface area contributed by atoms with E-state index in [0.717, 1.165) is 18.6 Å². The van der Waals surface area contributed by atoms with Gasteiger partial charge in [-0.1, -0.05) is 26.7 Å². The van der Waals surface area contributed by atoms with E-state index in [1.807, 2.05) is 13.8 Å². The van der Waals surface area contributed by atoms with Crippen molar-refractivity contribution in [2.24, 2.45) is 0 Å². The third-order valence-electron chi connectivity index (χ3n) is 3.38. The van der Waals surface area contributed by atoms with Crippen LogP contribution in [0.15, 0.2) is 18.2 Å². The maximum Gasteiger partial charge on any atom is 0.534 e. The SMILES string of the molecule is CCCCOC(=O)c1ccc(OS(=O)(=O)C(F)(F)F)cc1C(=O)OCCCC. The summed E-state index contributed by atoms with van der Waals surface area (Å²) in [5.74, 6) is -2.68. The van der Waals surface area contributed by atoms with Gasteiger partial charge >= 0.3 is 27.6 Å². The first kappa shape index (κ1) is 23.7. The molecule has 0 aliphatic heterocycles. The number of unbranched alkanes of at least 4 members (excludes halogenated alkanes) is 2. The molecule has 0 unspecified atom stereocenters. The number of hydrogen-bond donors (Lipinski definition) is 0. The Balaban J connectivity index is 3.19. The lowest BCUT2D eigenvalue weighted by Gasteiger charge is -2.13. The minimum atomic E-state index is -5.93. The number of rotatable bonds is 10. The average Bonchev–Trinajstić information content (AvgIpc) is 2.60. The van der Waals surface area contributed by atoms with Crippen molar-refractivity contribution in [1.82, 2.24) is 0 Å². The van der Waals surface area contributed by atoms with Gasteiger partial charge in [0.05, 0.1) is 24.3 Å². The van der Waals surface area contributed by atoms with Crippen LogP contribution in [0.25, 0.3) is 0 Å². The van der Waals surface area contributed by atoms with Crippen LogP contribution < -0.4 is 4.18 Å². The van der Waals surface area contributed by atoms with E-state index in [1.165, 1.54) is 0 Å². The Morgan fingerprint density at radius 2 is 1.43 bits per heavy atom. The summed E-state index contributed by atoms with van der Waals surface area (Å²) in [7, 11) is -5.93. The van der Waals surface area contributed by atoms with Gasteiger partial charge in [-0.2, -0.15) is 21.6 Å². The van der Waals surface area contributed by atoms with Gasteiger partial charge < -0.3 is 13.7 Å². The summed E-state index contributed by atoms with van der Waals surface area (Å²) >= 11 is 0. The number of hydrogen-bond acceptors (Lipinski definition) is 7. The summed E-state index contributed by atoms with van der Waals surface area (Å²) < 4.78 is 73.7. The van der Waals surface area contributed by atoms with Crippen LogP contribution in [0.5, 0.6) is 5.75 Å². The number of benzene rings is 1. The van der Waals surface area contributed by atoms with Crippen molar-refractivity contribution in [3.05, 3.63) is 29.3 Å². The first-order valence-electron chi connectivity index (χ1n) is 8.52. The Morgan fingerprint density at radius 3 is 1.89 bits per heavy atom. The molecule has 1 rings (SSSR count). The molecule has 0 atom stereocenters. The van der Waals surface area contributed by atoms with Gasteiger partial charge in [-0.05, 0) is 31.0 Å². The zero-order valence-electron chi connectivity index (χ0n) is 15.4. The molecule has 0 saturated carbocycles. The van der Waals surface area contributed by atoms with Gasteiger partial charge in [0, 0.05) is 0 Å². The highest BCUT2D eigenvalue weighted by Gasteiger charge is 2.48. The molecule has 0 aliphatic carbocycles. The van der Waals surface area contributed by atoms with Crippen LogP contribution in [0, 0.1) is 0 Å². The highest BCUT2D eigenvalue weighted by molar-refractivity contribution is 7.88. The molecule has 0 bridgehead atoms. The van der Waals surface area contributed by atoms with Gasteiger partial charge in [-0.15, -0.1) is 0 Å². The number of esters is 2. The zero-order valence-corrected chi connectivity index (χ0v) is 16.2. The summed E-state index contributed by atoms with van der Waals surface area (Å²) in [5.41, 5.74) is -6.37. The molecular formula is C17H21F3O7S. The van der Waals surface area contributed by atoms with E-state index in [0.29, 0.717) is 25.3 Å². The first-order valence-corrected chi connectivity index (χ1v) is 9.93. The summed E-state index contributed by atoms with van der Waals surface area (Å²) in [6.07, 6.45) is 2.57. The smallest absolute Gasteiger partial charge is 0.462 e. The van der Waals surface area contributed by atoms with E-state index in [9.17, 15) is 31.2 Å². The predicted molar refractivity (Wildman–Crippen MR) is 92.4 cm³/mol. The molecule has 0 aromatic heterocycles. The second-order valence-corrected chi connectivity index (χ2v) is 7.21. The number of carbonyl (C=O) groups is 2. The number of halogens is 3. The first-order chi connectivity index (χ1) is 13.0. The van der Waals surface area contributed by atoms with Crippen LogP contribution in [0.4, 0.5) is 13.2 Å². The van der Waals surface area contributed by atoms with Crippen LogP contribution in [0.2, 0.25) is 0 Å². The van der Waals surface area contributed by atoms with Crippen molar-refractivity contribution in [1.29, 1.82) is 0 Å². The van der Waals surface area contributed by atoms with E-state index < -0.39 is 38.9 Å². The fourth-order valence-corrected chi connectivity index (χ4v) is 2.32. The Morgan fingerprint density at radius 1 is 0.929 bits per heavy atom. The molecule has 1 aromatic carbocycles. The van der Waals surface area contributed by atoms with Crippen molar-refractivity contribution in [3.8, 4) is 5.75 Å². The molecule has 0 N–H and O–H groups in total. The maximum absolute atomic E-state index is 12.5. The van der Waals surface area contributed by atoms with Gasteiger partial charge in [-0.25, -0.2) is 9.59 Å². The molecule has 0 spiro atoms. The van der Waals surface area contributed by atoms with E-state index in [-0.39, 0.29) is 18.8 Å². The van der Waals surface area contributed by atoms with Gasteiger partial charge in [0.2, 0.25) is 0 Å². The molecule has 1 aromatic rings. The monoisotopic (exact) mass is 426 g/mol. The van der Waals surface area contributed by atoms with Crippen LogP contribution in [-0.4, -0.2) is 39.1 Å². The molecule has 0 saturated heterocycles. The van der Waals surface area contributed by atoms with Gasteiger partial charge in [0.25, 0.3) is 0 Å². The summed E-state index contributed by atoms with van der Waals surface area (Å²) in [6, 6.07) is 2.47. The topological polar surface area (TPSA) is 96.0 Å². The van der Waals surface area contributed by atoms with Crippen LogP contribution >= 0.6 is 0 Å². The molecular weight excluding hydrogens is 405 g/mol. The molecule has 0 heterocycles. The fraction of sp³-hybridized carbons (Fsp3) is 0.529. The van der Waals surface area contributed by atoms with Gasteiger partial charge in [0.15, 0.2) is 0 Å². The Hall–Kier alpha value is -2.30. The summed E-state index contributed by atoms with van der Waals surface area (Å²) in [5, 5.41) is 0. The summed E-state index contributed by atoms with van der Waals surface area (Å²) in [6.45, 7) is 3.82. The zero-order chi connectivity index (χ0) is 21.4. The predicted octanol–water partition coefficient (Wildman–Crippen LogP) is 3.83. The maximum atomic E-state index is 12.5. The van der Waals surface area contributed by atoms with Gasteiger partial charge in [-0.3, -0.25) is 0 Å². The van der Waals surface area contributed by atoms with Crippen molar-refractivity contribution in [2.75, 3.05) is 13.2 Å². The molecule has 11 heteroatoms. The molecule has 0 aliphatic rings. The van der Waals surface area contributed by atoms with E-state index in [1.54, 1.807) is 0 Å². The second kappa shape index (κ2) is 10.3. The van der Waals surface area contributed by atoms with Crippen molar-refractivity contribution < 1.29 is 44.8 Å².